The van der Waals surface area contributed by atoms with Crippen LogP contribution in [-0.2, 0) is 4.79 Å². The number of nitrogens with one attached hydrogen (secondary N) is 1. The zero-order valence-corrected chi connectivity index (χ0v) is 15.0. The lowest BCUT2D eigenvalue weighted by molar-refractivity contribution is -0.116. The number of unbranched alkanes of at least 4 members (excludes halogenated alkanes) is 2. The average Bonchev–Trinajstić information content (AvgIpc) is 2.60. The molecule has 0 fully saturated rings. The van der Waals surface area contributed by atoms with E-state index in [2.05, 4.69) is 12.2 Å². The number of Topliss-reactive ketones (excluding diaryl/α,β-unsaturated/α-hetero) is 1. The van der Waals surface area contributed by atoms with E-state index in [9.17, 15) is 9.59 Å². The smallest absolute Gasteiger partial charge is 0.224 e. The average molecular weight is 360 g/mol. The molecule has 0 atom stereocenters. The fourth-order valence-electron chi connectivity index (χ4n) is 2.29. The maximum Gasteiger partial charge on any atom is 0.224 e. The highest BCUT2D eigenvalue weighted by molar-refractivity contribution is 6.30. The molecule has 0 spiro atoms. The van der Waals surface area contributed by atoms with Gasteiger partial charge in [-0.3, -0.25) is 9.59 Å². The van der Waals surface area contributed by atoms with E-state index in [1.54, 1.807) is 48.5 Å². The number of carbonyl (C=O) groups is 2. The molecule has 0 aliphatic carbocycles. The van der Waals surface area contributed by atoms with Crippen molar-refractivity contribution in [2.24, 2.45) is 0 Å². The Balaban J connectivity index is 1.84. The Labute approximate surface area is 153 Å². The van der Waals surface area contributed by atoms with Crippen molar-refractivity contribution >= 4 is 29.0 Å². The summed E-state index contributed by atoms with van der Waals surface area (Å²) < 4.78 is 5.45. The number of hydrogen-bond donors (Lipinski definition) is 1. The number of ketones is 1. The third-order valence-corrected chi connectivity index (χ3v) is 3.90. The minimum absolute atomic E-state index is 0.00295. The van der Waals surface area contributed by atoms with Crippen LogP contribution in [0.15, 0.2) is 48.5 Å². The van der Waals surface area contributed by atoms with E-state index in [-0.39, 0.29) is 18.3 Å². The lowest BCUT2D eigenvalue weighted by Gasteiger charge is -2.08. The Hall–Kier alpha value is -2.33. The summed E-state index contributed by atoms with van der Waals surface area (Å²) in [5.41, 5.74) is 1.22. The molecule has 5 heteroatoms. The zero-order valence-electron chi connectivity index (χ0n) is 14.3. The summed E-state index contributed by atoms with van der Waals surface area (Å²) in [6.07, 6.45) is 3.54. The third-order valence-electron chi connectivity index (χ3n) is 3.66. The van der Waals surface area contributed by atoms with Crippen LogP contribution in [0.4, 0.5) is 5.69 Å². The quantitative estimate of drug-likeness (QED) is 0.499. The maximum atomic E-state index is 12.2. The van der Waals surface area contributed by atoms with E-state index < -0.39 is 0 Å². The van der Waals surface area contributed by atoms with Crippen LogP contribution < -0.4 is 10.1 Å². The zero-order chi connectivity index (χ0) is 18.1. The van der Waals surface area contributed by atoms with E-state index in [0.717, 1.165) is 19.3 Å². The third kappa shape index (κ3) is 6.59. The van der Waals surface area contributed by atoms with Crippen LogP contribution in [0.1, 0.15) is 43.0 Å². The molecule has 0 heterocycles. The fraction of sp³-hybridized carbons (Fsp3) is 0.300. The molecule has 0 aliphatic rings. The van der Waals surface area contributed by atoms with Crippen molar-refractivity contribution in [2.45, 2.75) is 32.6 Å². The predicted octanol–water partition coefficient (Wildman–Crippen LogP) is 5.12. The van der Waals surface area contributed by atoms with Gasteiger partial charge in [-0.2, -0.15) is 0 Å². The summed E-state index contributed by atoms with van der Waals surface area (Å²) in [6, 6.07) is 13.7. The SMILES string of the molecule is CCCCCC(=O)Nc1ccc(C(=O)COc2cccc(Cl)c2)cc1. The van der Waals surface area contributed by atoms with Crippen molar-refractivity contribution in [1.82, 2.24) is 0 Å². The molecule has 0 aliphatic heterocycles. The molecule has 0 radical (unpaired) electrons. The molecule has 2 rings (SSSR count). The molecule has 1 N–H and O–H groups in total. The summed E-state index contributed by atoms with van der Waals surface area (Å²) in [5.74, 6) is 0.412. The second-order valence-corrected chi connectivity index (χ2v) is 6.19. The van der Waals surface area contributed by atoms with Crippen LogP contribution >= 0.6 is 11.6 Å². The summed E-state index contributed by atoms with van der Waals surface area (Å²) >= 11 is 5.88. The molecule has 0 bridgehead atoms. The highest BCUT2D eigenvalue weighted by Gasteiger charge is 2.08. The normalized spacial score (nSPS) is 10.3. The van der Waals surface area contributed by atoms with Gasteiger partial charge in [-0.05, 0) is 48.9 Å². The summed E-state index contributed by atoms with van der Waals surface area (Å²) in [4.78, 5) is 23.9. The first kappa shape index (κ1) is 19.0. The Morgan fingerprint density at radius 1 is 1.08 bits per heavy atom. The van der Waals surface area contributed by atoms with E-state index in [1.807, 2.05) is 0 Å². The van der Waals surface area contributed by atoms with Crippen molar-refractivity contribution < 1.29 is 14.3 Å². The molecule has 1 amide bonds. The summed E-state index contributed by atoms with van der Waals surface area (Å²) in [6.45, 7) is 2.03. The lowest BCUT2D eigenvalue weighted by atomic mass is 10.1. The van der Waals surface area contributed by atoms with Crippen LogP contribution in [0.3, 0.4) is 0 Å². The molecule has 2 aromatic rings. The molecule has 132 valence electrons. The van der Waals surface area contributed by atoms with Gasteiger partial charge < -0.3 is 10.1 Å². The van der Waals surface area contributed by atoms with Gasteiger partial charge in [0, 0.05) is 22.7 Å². The first-order valence-corrected chi connectivity index (χ1v) is 8.77. The Kier molecular flexibility index (Phi) is 7.48. The second kappa shape index (κ2) is 9.84. The molecule has 0 aromatic heterocycles. The van der Waals surface area contributed by atoms with E-state index in [4.69, 9.17) is 16.3 Å². The van der Waals surface area contributed by atoms with E-state index in [0.29, 0.717) is 28.4 Å². The molecule has 0 unspecified atom stereocenters. The van der Waals surface area contributed by atoms with Gasteiger partial charge in [-0.25, -0.2) is 0 Å². The van der Waals surface area contributed by atoms with Crippen LogP contribution in [0.2, 0.25) is 5.02 Å². The van der Waals surface area contributed by atoms with Crippen molar-refractivity contribution in [2.75, 3.05) is 11.9 Å². The van der Waals surface area contributed by atoms with Gasteiger partial charge in [-0.1, -0.05) is 37.4 Å². The summed E-state index contributed by atoms with van der Waals surface area (Å²) in [5, 5.41) is 3.39. The molecule has 0 saturated carbocycles. The van der Waals surface area contributed by atoms with E-state index >= 15 is 0 Å². The lowest BCUT2D eigenvalue weighted by Crippen LogP contribution is -2.13. The number of halogens is 1. The molecular weight excluding hydrogens is 338 g/mol. The van der Waals surface area contributed by atoms with Crippen LogP contribution in [-0.4, -0.2) is 18.3 Å². The maximum absolute atomic E-state index is 12.2. The van der Waals surface area contributed by atoms with Gasteiger partial charge in [0.2, 0.25) is 5.91 Å². The minimum atomic E-state index is -0.138. The number of rotatable bonds is 9. The Morgan fingerprint density at radius 2 is 1.84 bits per heavy atom. The minimum Gasteiger partial charge on any atom is -0.485 e. The van der Waals surface area contributed by atoms with Crippen molar-refractivity contribution in [3.63, 3.8) is 0 Å². The molecule has 25 heavy (non-hydrogen) atoms. The topological polar surface area (TPSA) is 55.4 Å². The van der Waals surface area contributed by atoms with Crippen molar-refractivity contribution in [3.8, 4) is 5.75 Å². The highest BCUT2D eigenvalue weighted by Crippen LogP contribution is 2.18. The van der Waals surface area contributed by atoms with Gasteiger partial charge in [0.05, 0.1) is 0 Å². The number of ether oxygens (including phenoxy) is 1. The van der Waals surface area contributed by atoms with Gasteiger partial charge in [0.15, 0.2) is 12.4 Å². The Bertz CT molecular complexity index is 713. The fourth-order valence-corrected chi connectivity index (χ4v) is 2.47. The van der Waals surface area contributed by atoms with Gasteiger partial charge in [0.1, 0.15) is 5.75 Å². The monoisotopic (exact) mass is 359 g/mol. The standard InChI is InChI=1S/C20H22ClNO3/c1-2-3-4-8-20(24)22-17-11-9-15(10-12-17)19(23)14-25-18-7-5-6-16(21)13-18/h5-7,9-13H,2-4,8,14H2,1H3,(H,22,24). The molecular formula is C20H22ClNO3. The first-order chi connectivity index (χ1) is 12.1. The molecule has 4 nitrogen and oxygen atoms in total. The van der Waals surface area contributed by atoms with Crippen molar-refractivity contribution in [3.05, 3.63) is 59.1 Å². The predicted molar refractivity (Wildman–Crippen MR) is 100 cm³/mol. The summed E-state index contributed by atoms with van der Waals surface area (Å²) in [7, 11) is 0. The number of benzene rings is 2. The second-order valence-electron chi connectivity index (χ2n) is 5.75. The van der Waals surface area contributed by atoms with Crippen LogP contribution in [0, 0.1) is 0 Å². The largest absolute Gasteiger partial charge is 0.485 e. The molecule has 2 aromatic carbocycles. The Morgan fingerprint density at radius 3 is 2.52 bits per heavy atom. The number of hydrogen-bond acceptors (Lipinski definition) is 3. The van der Waals surface area contributed by atoms with Gasteiger partial charge >= 0.3 is 0 Å². The van der Waals surface area contributed by atoms with Crippen LogP contribution in [0.5, 0.6) is 5.75 Å². The number of anilines is 1. The number of carbonyl (C=O) groups excluding carboxylic acids is 2. The molecule has 0 saturated heterocycles. The first-order valence-electron chi connectivity index (χ1n) is 8.40. The van der Waals surface area contributed by atoms with Crippen molar-refractivity contribution in [1.29, 1.82) is 0 Å². The van der Waals surface area contributed by atoms with Crippen LogP contribution in [0.25, 0.3) is 0 Å². The van der Waals surface area contributed by atoms with Gasteiger partial charge in [0.25, 0.3) is 0 Å². The van der Waals surface area contributed by atoms with E-state index in [1.165, 1.54) is 0 Å². The highest BCUT2D eigenvalue weighted by atomic mass is 35.5. The van der Waals surface area contributed by atoms with Gasteiger partial charge in [-0.15, -0.1) is 0 Å². The number of amides is 1.